The molecule has 1 aromatic rings. The van der Waals surface area contributed by atoms with Crippen LogP contribution in [0, 0.1) is 6.92 Å². The second kappa shape index (κ2) is 10.5. The smallest absolute Gasteiger partial charge is 0.191 e. The van der Waals surface area contributed by atoms with Crippen LogP contribution in [0.5, 0.6) is 0 Å². The largest absolute Gasteiger partial charge is 0.357 e. The van der Waals surface area contributed by atoms with Gasteiger partial charge in [-0.1, -0.05) is 6.92 Å². The lowest BCUT2D eigenvalue weighted by atomic mass is 10.4. The Balaban J connectivity index is 0.00000289. The number of hydrogen-bond acceptors (Lipinski definition) is 3. The fraction of sp³-hybridized carbons (Fsp3) is 0.667. The first kappa shape index (κ1) is 17.6. The van der Waals surface area contributed by atoms with Crippen LogP contribution in [0.25, 0.3) is 0 Å². The molecule has 1 rings (SSSR count). The fourth-order valence-corrected chi connectivity index (χ4v) is 2.16. The van der Waals surface area contributed by atoms with E-state index in [1.165, 1.54) is 9.88 Å². The highest BCUT2D eigenvalue weighted by Gasteiger charge is 2.00. The minimum absolute atomic E-state index is 0. The Morgan fingerprint density at radius 2 is 2.17 bits per heavy atom. The van der Waals surface area contributed by atoms with Crippen molar-refractivity contribution in [2.75, 3.05) is 19.6 Å². The van der Waals surface area contributed by atoms with Gasteiger partial charge in [0.1, 0.15) is 0 Å². The number of aryl methyl sites for hydroxylation is 1. The van der Waals surface area contributed by atoms with E-state index < -0.39 is 0 Å². The summed E-state index contributed by atoms with van der Waals surface area (Å²) in [4.78, 5) is 10.1. The summed E-state index contributed by atoms with van der Waals surface area (Å²) in [6, 6.07) is 0. The molecule has 0 aliphatic carbocycles. The molecule has 0 spiro atoms. The van der Waals surface area contributed by atoms with E-state index in [9.17, 15) is 0 Å². The van der Waals surface area contributed by atoms with E-state index in [1.54, 1.807) is 11.3 Å². The lowest BCUT2D eigenvalue weighted by molar-refractivity contribution is 0.791. The maximum atomic E-state index is 4.45. The topological polar surface area (TPSA) is 49.3 Å². The Morgan fingerprint density at radius 1 is 1.39 bits per heavy atom. The highest BCUT2D eigenvalue weighted by molar-refractivity contribution is 14.0. The summed E-state index contributed by atoms with van der Waals surface area (Å²) in [6.07, 6.45) is 3.95. The van der Waals surface area contributed by atoms with E-state index in [2.05, 4.69) is 41.4 Å². The molecular formula is C12H23IN4S. The highest BCUT2D eigenvalue weighted by atomic mass is 127. The standard InChI is InChI=1S/C12H22N4S.HI/c1-4-7-14-12(13-5-2)15-8-6-11-16-9-10(3)17-11;/h9H,4-8H2,1-3H3,(H2,13,14,15);1H. The van der Waals surface area contributed by atoms with Crippen LogP contribution >= 0.6 is 35.3 Å². The zero-order valence-electron chi connectivity index (χ0n) is 11.3. The van der Waals surface area contributed by atoms with Crippen molar-refractivity contribution in [3.8, 4) is 0 Å². The maximum Gasteiger partial charge on any atom is 0.191 e. The van der Waals surface area contributed by atoms with Crippen LogP contribution in [0.3, 0.4) is 0 Å². The normalized spacial score (nSPS) is 10.9. The Hall–Kier alpha value is -0.370. The zero-order chi connectivity index (χ0) is 12.5. The van der Waals surface area contributed by atoms with Gasteiger partial charge in [0, 0.05) is 37.1 Å². The molecule has 2 N–H and O–H groups in total. The molecule has 0 aromatic carbocycles. The summed E-state index contributed by atoms with van der Waals surface area (Å²) in [5, 5.41) is 7.73. The first-order chi connectivity index (χ1) is 8.26. The monoisotopic (exact) mass is 382 g/mol. The van der Waals surface area contributed by atoms with Gasteiger partial charge in [-0.15, -0.1) is 35.3 Å². The van der Waals surface area contributed by atoms with Crippen molar-refractivity contribution in [2.24, 2.45) is 4.99 Å². The number of nitrogens with zero attached hydrogens (tertiary/aromatic N) is 2. The average molecular weight is 382 g/mol. The SMILES string of the molecule is CCCN=C(NCC)NCCc1ncc(C)s1.I. The van der Waals surface area contributed by atoms with Crippen LogP contribution in [-0.4, -0.2) is 30.6 Å². The van der Waals surface area contributed by atoms with Gasteiger partial charge in [0.05, 0.1) is 5.01 Å². The lowest BCUT2D eigenvalue weighted by Crippen LogP contribution is -2.38. The molecule has 1 aromatic heterocycles. The molecular weight excluding hydrogens is 359 g/mol. The number of rotatable bonds is 6. The molecule has 4 nitrogen and oxygen atoms in total. The molecule has 0 saturated carbocycles. The first-order valence-corrected chi connectivity index (χ1v) is 7.01. The molecule has 0 aliphatic heterocycles. The molecule has 0 bridgehead atoms. The summed E-state index contributed by atoms with van der Waals surface area (Å²) in [5.41, 5.74) is 0. The minimum atomic E-state index is 0. The molecule has 0 unspecified atom stereocenters. The van der Waals surface area contributed by atoms with Crippen LogP contribution in [0.1, 0.15) is 30.2 Å². The predicted octanol–water partition coefficient (Wildman–Crippen LogP) is 2.58. The second-order valence-electron chi connectivity index (χ2n) is 3.80. The van der Waals surface area contributed by atoms with Gasteiger partial charge in [-0.3, -0.25) is 4.99 Å². The number of aliphatic imine (C=N–C) groups is 1. The van der Waals surface area contributed by atoms with E-state index in [1.807, 2.05) is 6.20 Å². The Bertz CT molecular complexity index is 352. The van der Waals surface area contributed by atoms with Crippen molar-refractivity contribution in [1.29, 1.82) is 0 Å². The molecule has 0 atom stereocenters. The van der Waals surface area contributed by atoms with Crippen molar-refractivity contribution >= 4 is 41.3 Å². The molecule has 104 valence electrons. The van der Waals surface area contributed by atoms with Gasteiger partial charge in [0.15, 0.2) is 5.96 Å². The van der Waals surface area contributed by atoms with E-state index in [0.717, 1.165) is 38.4 Å². The van der Waals surface area contributed by atoms with Crippen molar-refractivity contribution in [2.45, 2.75) is 33.6 Å². The van der Waals surface area contributed by atoms with Crippen LogP contribution in [0.4, 0.5) is 0 Å². The fourth-order valence-electron chi connectivity index (χ4n) is 1.37. The van der Waals surface area contributed by atoms with Gasteiger partial charge < -0.3 is 10.6 Å². The number of thiazole rings is 1. The Kier molecular flexibility index (Phi) is 10.3. The van der Waals surface area contributed by atoms with Crippen LogP contribution in [0.2, 0.25) is 0 Å². The molecule has 0 fully saturated rings. The number of aromatic nitrogens is 1. The van der Waals surface area contributed by atoms with Gasteiger partial charge in [0.2, 0.25) is 0 Å². The van der Waals surface area contributed by atoms with Gasteiger partial charge in [-0.25, -0.2) is 4.98 Å². The van der Waals surface area contributed by atoms with Gasteiger partial charge in [-0.05, 0) is 20.3 Å². The first-order valence-electron chi connectivity index (χ1n) is 6.19. The molecule has 6 heteroatoms. The van der Waals surface area contributed by atoms with Gasteiger partial charge >= 0.3 is 0 Å². The molecule has 18 heavy (non-hydrogen) atoms. The molecule has 1 heterocycles. The van der Waals surface area contributed by atoms with Crippen molar-refractivity contribution in [1.82, 2.24) is 15.6 Å². The quantitative estimate of drug-likeness (QED) is 0.452. The van der Waals surface area contributed by atoms with Gasteiger partial charge in [0.25, 0.3) is 0 Å². The van der Waals surface area contributed by atoms with Crippen LogP contribution < -0.4 is 10.6 Å². The third-order valence-electron chi connectivity index (χ3n) is 2.14. The second-order valence-corrected chi connectivity index (χ2v) is 5.12. The maximum absolute atomic E-state index is 4.45. The Morgan fingerprint density at radius 3 is 2.72 bits per heavy atom. The number of guanidine groups is 1. The zero-order valence-corrected chi connectivity index (χ0v) is 14.5. The summed E-state index contributed by atoms with van der Waals surface area (Å²) in [5.74, 6) is 0.905. The minimum Gasteiger partial charge on any atom is -0.357 e. The summed E-state index contributed by atoms with van der Waals surface area (Å²) in [6.45, 7) is 8.93. The van der Waals surface area contributed by atoms with Crippen molar-refractivity contribution < 1.29 is 0 Å². The Labute approximate surface area is 131 Å². The van der Waals surface area contributed by atoms with Crippen LogP contribution in [0.15, 0.2) is 11.2 Å². The summed E-state index contributed by atoms with van der Waals surface area (Å²) in [7, 11) is 0. The molecule has 0 radical (unpaired) electrons. The van der Waals surface area contributed by atoms with E-state index in [0.29, 0.717) is 0 Å². The van der Waals surface area contributed by atoms with E-state index >= 15 is 0 Å². The molecule has 0 amide bonds. The average Bonchev–Trinajstić information content (AvgIpc) is 2.72. The van der Waals surface area contributed by atoms with E-state index in [-0.39, 0.29) is 24.0 Å². The molecule has 0 aliphatic rings. The molecule has 0 saturated heterocycles. The number of hydrogen-bond donors (Lipinski definition) is 2. The summed E-state index contributed by atoms with van der Waals surface area (Å²) >= 11 is 1.76. The summed E-state index contributed by atoms with van der Waals surface area (Å²) < 4.78 is 0. The van der Waals surface area contributed by atoms with Crippen LogP contribution in [-0.2, 0) is 6.42 Å². The number of nitrogens with one attached hydrogen (secondary N) is 2. The number of halogens is 1. The van der Waals surface area contributed by atoms with Crippen molar-refractivity contribution in [3.05, 3.63) is 16.1 Å². The van der Waals surface area contributed by atoms with Crippen molar-refractivity contribution in [3.63, 3.8) is 0 Å². The third-order valence-corrected chi connectivity index (χ3v) is 3.11. The van der Waals surface area contributed by atoms with Gasteiger partial charge in [-0.2, -0.15) is 0 Å². The third kappa shape index (κ3) is 7.15. The predicted molar refractivity (Wildman–Crippen MR) is 90.2 cm³/mol. The lowest BCUT2D eigenvalue weighted by Gasteiger charge is -2.10. The highest BCUT2D eigenvalue weighted by Crippen LogP contribution is 2.10. The van der Waals surface area contributed by atoms with E-state index in [4.69, 9.17) is 0 Å².